The molecule has 538 valence electrons. The number of fused-ring (bicyclic) bond motifs is 2. The first-order valence-corrected chi connectivity index (χ1v) is 33.9. The summed E-state index contributed by atoms with van der Waals surface area (Å²) >= 11 is 0. The maximum absolute atomic E-state index is 14.8. The van der Waals surface area contributed by atoms with Crippen LogP contribution in [0.15, 0.2) is 182 Å². The normalized spacial score (nSPS) is 31.7. The second-order valence-electron chi connectivity index (χ2n) is 25.7. The van der Waals surface area contributed by atoms with Crippen LogP contribution in [-0.2, 0) is 86.2 Å². The average Bonchev–Trinajstić information content (AvgIpc) is 0.972. The van der Waals surface area contributed by atoms with Crippen LogP contribution in [0.3, 0.4) is 0 Å². The number of hydrogen-bond donors (Lipinski definition) is 9. The van der Waals surface area contributed by atoms with Gasteiger partial charge in [0.2, 0.25) is 0 Å². The monoisotopic (exact) mass is 1400 g/mol. The van der Waals surface area contributed by atoms with Crippen molar-refractivity contribution in [2.45, 2.75) is 181 Å². The lowest BCUT2D eigenvalue weighted by atomic mass is 9.79. The van der Waals surface area contributed by atoms with E-state index in [9.17, 15) is 49.5 Å². The Balaban J connectivity index is 0.817. The van der Waals surface area contributed by atoms with Crippen molar-refractivity contribution >= 4 is 30.2 Å². The number of ether oxygens (including phenoxy) is 13. The van der Waals surface area contributed by atoms with E-state index < -0.39 is 171 Å². The summed E-state index contributed by atoms with van der Waals surface area (Å²) in [5.41, 5.74) is 3.68. The second-order valence-corrected chi connectivity index (χ2v) is 25.7. The lowest BCUT2D eigenvalue weighted by Gasteiger charge is -2.50. The third-order valence-corrected chi connectivity index (χ3v) is 18.7. The molecule has 6 aromatic carbocycles. The highest BCUT2D eigenvalue weighted by atomic mass is 16.8. The van der Waals surface area contributed by atoms with Gasteiger partial charge in [0.1, 0.15) is 92.9 Å². The first-order valence-electron chi connectivity index (χ1n) is 33.9. The smallest absolute Gasteiger partial charge is 0.407 e. The number of nitrogens with one attached hydrogen (secondary N) is 4. The highest BCUT2D eigenvalue weighted by Gasteiger charge is 2.58. The summed E-state index contributed by atoms with van der Waals surface area (Å²) in [6.45, 7) is 0.182. The molecule has 0 aromatic heterocycles. The first-order chi connectivity index (χ1) is 49.1. The lowest BCUT2D eigenvalue weighted by Crippen LogP contribution is -2.69. The first kappa shape index (κ1) is 72.3. The van der Waals surface area contributed by atoms with Crippen LogP contribution in [0.4, 0.5) is 14.4 Å². The molecule has 1 saturated carbocycles. The number of hydrogen-bond acceptors (Lipinski definition) is 23. The minimum atomic E-state index is -1.88. The molecule has 0 bridgehead atoms. The van der Waals surface area contributed by atoms with E-state index in [0.29, 0.717) is 29.5 Å². The summed E-state index contributed by atoms with van der Waals surface area (Å²) in [7, 11) is 0. The fourth-order valence-corrected chi connectivity index (χ4v) is 13.4. The van der Waals surface area contributed by atoms with Gasteiger partial charge in [-0.1, -0.05) is 177 Å². The molecule has 1 aliphatic carbocycles. The van der Waals surface area contributed by atoms with Crippen molar-refractivity contribution in [3.05, 3.63) is 215 Å². The molecule has 6 fully saturated rings. The Morgan fingerprint density at radius 1 is 0.505 bits per heavy atom. The number of aliphatic hydroxyl groups is 5. The topological polar surface area (TPSA) is 355 Å². The standard InChI is InChI=1S/C74H84N4O23/c1-42-36-49(76-66(84)52(94-67(85)47-28-16-6-17-29-47)34-35-75-72(86)90-38-43-20-8-2-9-21-43)57(80)65(61(42)98-70-56(78-74(88)92-40-45-24-12-4-13-25-45)59(82)64-54(97-70)41-89-68(99-64)48-30-18-7-19-31-48)101-71-60(83)63(53(37-79)96-71)100-69-55(77-73(87)91-39-44-22-10-3-11-23-44)58(81)62-51(95-69)33-32-50(93-62)46-26-14-5-15-27-46/h2-31,42,49-65,68-71,79-83H,32-41H2,1H3,(H,75,86)(H,76,84)(H,77,87)(H,78,88)/t42-,49+,50?,51-,52-,53+,54+,55+,56+,57-,58+,59+,60+,61+,62+,63+,64+,65+,68?,69+,70+,71-/m0/s1. The van der Waals surface area contributed by atoms with Crippen molar-refractivity contribution in [1.29, 1.82) is 0 Å². The van der Waals surface area contributed by atoms with E-state index in [1.807, 2.05) is 48.5 Å². The average molecular weight is 1400 g/mol. The van der Waals surface area contributed by atoms with E-state index in [0.717, 1.165) is 11.1 Å². The summed E-state index contributed by atoms with van der Waals surface area (Å²) < 4.78 is 81.1. The van der Waals surface area contributed by atoms with Crippen LogP contribution in [0.2, 0.25) is 0 Å². The van der Waals surface area contributed by atoms with E-state index in [4.69, 9.17) is 61.6 Å². The van der Waals surface area contributed by atoms with Gasteiger partial charge >= 0.3 is 24.2 Å². The van der Waals surface area contributed by atoms with Crippen LogP contribution in [0.25, 0.3) is 0 Å². The molecule has 27 heteroatoms. The van der Waals surface area contributed by atoms with Crippen molar-refractivity contribution < 1.29 is 111 Å². The Labute approximate surface area is 582 Å². The van der Waals surface area contributed by atoms with Gasteiger partial charge in [0.25, 0.3) is 5.91 Å². The maximum atomic E-state index is 14.8. The molecule has 12 rings (SSSR count). The van der Waals surface area contributed by atoms with Crippen LogP contribution in [-0.4, -0.2) is 192 Å². The molecular formula is C74H84N4O23. The SMILES string of the molecule is C[C@H]1C[C@@H](NC(=O)[C@H](CCNC(=O)OCc2ccccc2)OC(=O)c2ccccc2)[C@H](O)[C@@H](O[C@@H]2O[C@H](CO)[C@@H](O[C@H]3O[C@H]4CCC(c5ccccc5)O[C@H]4[C@H](O)[C@H]3NC(=O)OCc3ccccc3)[C@H]2O)[C@@H]1O[C@H]1O[C@@H]2COC(c3ccccc3)O[C@H]2[C@H](O)[C@H]1NC(=O)OCc1ccccc1. The zero-order valence-corrected chi connectivity index (χ0v) is 55.2. The van der Waals surface area contributed by atoms with Gasteiger partial charge in [-0.05, 0) is 59.6 Å². The number of benzene rings is 6. The zero-order valence-electron chi connectivity index (χ0n) is 55.2. The Hall–Kier alpha value is -8.49. The molecule has 0 radical (unpaired) electrons. The van der Waals surface area contributed by atoms with Gasteiger partial charge in [-0.2, -0.15) is 0 Å². The number of alkyl carbamates (subject to hydrolysis) is 3. The van der Waals surface area contributed by atoms with Crippen LogP contribution < -0.4 is 21.3 Å². The number of aliphatic hydroxyl groups excluding tert-OH is 5. The number of carbonyl (C=O) groups excluding carboxylic acids is 5. The highest BCUT2D eigenvalue weighted by Crippen LogP contribution is 2.42. The minimum absolute atomic E-state index is 0.0502. The molecule has 2 unspecified atom stereocenters. The van der Waals surface area contributed by atoms with Crippen LogP contribution in [0.1, 0.15) is 83.2 Å². The number of rotatable bonds is 24. The van der Waals surface area contributed by atoms with E-state index in [2.05, 4.69) is 21.3 Å². The van der Waals surface area contributed by atoms with Crippen molar-refractivity contribution in [3.63, 3.8) is 0 Å². The van der Waals surface area contributed by atoms with Crippen LogP contribution in [0, 0.1) is 5.92 Å². The molecule has 5 aliphatic heterocycles. The van der Waals surface area contributed by atoms with Crippen LogP contribution >= 0.6 is 0 Å². The Kier molecular flexibility index (Phi) is 24.7. The third kappa shape index (κ3) is 18.2. The Morgan fingerprint density at radius 3 is 1.56 bits per heavy atom. The Morgan fingerprint density at radius 2 is 1.00 bits per heavy atom. The molecule has 6 aromatic rings. The molecule has 101 heavy (non-hydrogen) atoms. The highest BCUT2D eigenvalue weighted by molar-refractivity contribution is 5.92. The summed E-state index contributed by atoms with van der Waals surface area (Å²) in [4.78, 5) is 69.1. The number of amides is 4. The fourth-order valence-electron chi connectivity index (χ4n) is 13.4. The summed E-state index contributed by atoms with van der Waals surface area (Å²) in [6.07, 6.45) is -27.2. The summed E-state index contributed by atoms with van der Waals surface area (Å²) in [5, 5.41) is 72.1. The Bertz CT molecular complexity index is 3620. The predicted octanol–water partition coefficient (Wildman–Crippen LogP) is 5.44. The third-order valence-electron chi connectivity index (χ3n) is 18.7. The van der Waals surface area contributed by atoms with E-state index in [-0.39, 0.29) is 51.4 Å². The molecule has 0 spiro atoms. The van der Waals surface area contributed by atoms with E-state index >= 15 is 0 Å². The van der Waals surface area contributed by atoms with Gasteiger partial charge < -0.3 is 108 Å². The van der Waals surface area contributed by atoms with Gasteiger partial charge in [-0.15, -0.1) is 0 Å². The van der Waals surface area contributed by atoms with Crippen molar-refractivity contribution in [2.75, 3.05) is 19.8 Å². The molecule has 6 aliphatic rings. The van der Waals surface area contributed by atoms with E-state index in [1.54, 1.807) is 128 Å². The van der Waals surface area contributed by atoms with Gasteiger partial charge in [-0.3, -0.25) is 4.79 Å². The minimum Gasteiger partial charge on any atom is -0.449 e. The van der Waals surface area contributed by atoms with Gasteiger partial charge in [0, 0.05) is 18.5 Å². The molecule has 9 N–H and O–H groups in total. The van der Waals surface area contributed by atoms with E-state index in [1.165, 1.54) is 12.1 Å². The lowest BCUT2D eigenvalue weighted by molar-refractivity contribution is -0.360. The molecule has 22 atom stereocenters. The molecule has 27 nitrogen and oxygen atoms in total. The van der Waals surface area contributed by atoms with Crippen LogP contribution in [0.5, 0.6) is 0 Å². The largest absolute Gasteiger partial charge is 0.449 e. The van der Waals surface area contributed by atoms with Crippen molar-refractivity contribution in [2.24, 2.45) is 5.92 Å². The quantitative estimate of drug-likeness (QED) is 0.0269. The molecular weight excluding hydrogens is 1310 g/mol. The second kappa shape index (κ2) is 34.5. The van der Waals surface area contributed by atoms with Gasteiger partial charge in [0.05, 0.1) is 43.1 Å². The molecule has 5 heterocycles. The molecule has 5 saturated heterocycles. The fraction of sp³-hybridized carbons (Fsp3) is 0.446. The van der Waals surface area contributed by atoms with Gasteiger partial charge in [-0.25, -0.2) is 19.2 Å². The summed E-state index contributed by atoms with van der Waals surface area (Å²) in [5.74, 6) is -2.59. The summed E-state index contributed by atoms with van der Waals surface area (Å²) in [6, 6.07) is 48.8. The predicted molar refractivity (Wildman–Crippen MR) is 353 cm³/mol. The van der Waals surface area contributed by atoms with Gasteiger partial charge in [0.15, 0.2) is 31.3 Å². The van der Waals surface area contributed by atoms with Crippen molar-refractivity contribution in [3.8, 4) is 0 Å². The van der Waals surface area contributed by atoms with Crippen molar-refractivity contribution in [1.82, 2.24) is 21.3 Å². The molecule has 4 amide bonds. The maximum Gasteiger partial charge on any atom is 0.407 e. The number of esters is 1. The number of carbonyl (C=O) groups is 5. The zero-order chi connectivity index (χ0) is 70.4.